The lowest BCUT2D eigenvalue weighted by Crippen LogP contribution is -2.33. The summed E-state index contributed by atoms with van der Waals surface area (Å²) >= 11 is 0. The molecule has 1 aromatic heterocycles. The Morgan fingerprint density at radius 3 is 2.23 bits per heavy atom. The molecule has 1 atom stereocenters. The summed E-state index contributed by atoms with van der Waals surface area (Å²) in [5.41, 5.74) is 16.0. The Bertz CT molecular complexity index is 917. The number of aryl methyl sites for hydroxylation is 1. The van der Waals surface area contributed by atoms with Crippen molar-refractivity contribution in [3.63, 3.8) is 0 Å². The third kappa shape index (κ3) is 17.0. The zero-order valence-corrected chi connectivity index (χ0v) is 25.2. The number of aromatic amines is 1. The number of carbonyl (C=O) groups excluding carboxylic acids is 1. The van der Waals surface area contributed by atoms with Gasteiger partial charge in [0.1, 0.15) is 12.6 Å². The third-order valence-corrected chi connectivity index (χ3v) is 5.58. The number of allylic oxidation sites excluding steroid dienone is 5. The fourth-order valence-electron chi connectivity index (χ4n) is 3.73. The van der Waals surface area contributed by atoms with Crippen LogP contribution in [0.3, 0.4) is 0 Å². The van der Waals surface area contributed by atoms with E-state index in [1.54, 1.807) is 18.5 Å². The van der Waals surface area contributed by atoms with Gasteiger partial charge in [-0.05, 0) is 63.4 Å². The highest BCUT2D eigenvalue weighted by atomic mass is 16.1. The number of nitrogens with one attached hydrogen (secondary N) is 2. The first kappa shape index (κ1) is 37.9. The Morgan fingerprint density at radius 1 is 1.13 bits per heavy atom. The molecule has 0 aliphatic heterocycles. The van der Waals surface area contributed by atoms with E-state index in [4.69, 9.17) is 10.5 Å². The maximum atomic E-state index is 8.00. The van der Waals surface area contributed by atoms with Crippen LogP contribution in [0, 0.1) is 6.92 Å². The van der Waals surface area contributed by atoms with Gasteiger partial charge in [0.2, 0.25) is 0 Å². The molecule has 0 bridgehead atoms. The molecule has 0 saturated heterocycles. The number of H-pyrrole nitrogens is 1. The number of carbonyl (C=O) groups is 1. The fourth-order valence-corrected chi connectivity index (χ4v) is 3.73. The van der Waals surface area contributed by atoms with Gasteiger partial charge in [-0.25, -0.2) is 4.98 Å². The van der Waals surface area contributed by atoms with Crippen LogP contribution in [0.25, 0.3) is 5.57 Å². The van der Waals surface area contributed by atoms with Crippen molar-refractivity contribution >= 4 is 18.0 Å². The van der Waals surface area contributed by atoms with E-state index in [0.717, 1.165) is 44.8 Å². The van der Waals surface area contributed by atoms with Crippen LogP contribution >= 0.6 is 0 Å². The van der Waals surface area contributed by atoms with Crippen LogP contribution in [0.2, 0.25) is 0 Å². The summed E-state index contributed by atoms with van der Waals surface area (Å²) in [7, 11) is 1.50. The van der Waals surface area contributed by atoms with Gasteiger partial charge in [0.15, 0.2) is 0 Å². The Morgan fingerprint density at radius 2 is 1.79 bits per heavy atom. The molecule has 0 spiro atoms. The van der Waals surface area contributed by atoms with E-state index >= 15 is 0 Å². The second-order valence-corrected chi connectivity index (χ2v) is 8.23. The van der Waals surface area contributed by atoms with Crippen molar-refractivity contribution in [1.29, 1.82) is 0 Å². The quantitative estimate of drug-likeness (QED) is 0.268. The minimum absolute atomic E-state index is 0.0344. The van der Waals surface area contributed by atoms with Crippen LogP contribution in [0.1, 0.15) is 58.3 Å². The highest BCUT2D eigenvalue weighted by Crippen LogP contribution is 2.28. The third-order valence-electron chi connectivity index (χ3n) is 5.58. The molecular formula is C32H54N6O. The molecule has 1 aliphatic rings. The van der Waals surface area contributed by atoms with Crippen molar-refractivity contribution in [2.75, 3.05) is 38.1 Å². The van der Waals surface area contributed by atoms with E-state index in [1.807, 2.05) is 39.7 Å². The normalized spacial score (nSPS) is 12.4. The smallest absolute Gasteiger partial charge is 0.106 e. The average molecular weight is 539 g/mol. The van der Waals surface area contributed by atoms with Gasteiger partial charge in [-0.1, -0.05) is 75.4 Å². The zero-order chi connectivity index (χ0) is 29.9. The Balaban J connectivity index is 0. The van der Waals surface area contributed by atoms with Gasteiger partial charge in [-0.2, -0.15) is 0 Å². The molecule has 0 fully saturated rings. The highest BCUT2D eigenvalue weighted by molar-refractivity contribution is 5.70. The number of aromatic nitrogens is 2. The number of benzene rings is 1. The lowest BCUT2D eigenvalue weighted by atomic mass is 9.93. The van der Waals surface area contributed by atoms with Crippen molar-refractivity contribution in [1.82, 2.24) is 15.3 Å². The first-order valence-electron chi connectivity index (χ1n) is 13.9. The second kappa shape index (κ2) is 26.4. The lowest BCUT2D eigenvalue weighted by molar-refractivity contribution is -0.0980. The molecule has 218 valence electrons. The van der Waals surface area contributed by atoms with Crippen LogP contribution in [0.15, 0.2) is 79.2 Å². The Kier molecular flexibility index (Phi) is 25.6. The van der Waals surface area contributed by atoms with Crippen LogP contribution in [0.4, 0.5) is 5.69 Å². The van der Waals surface area contributed by atoms with Crippen LogP contribution < -0.4 is 21.7 Å². The molecular weight excluding hydrogens is 484 g/mol. The van der Waals surface area contributed by atoms with E-state index in [1.165, 1.54) is 35.9 Å². The number of nitrogens with zero attached hydrogens (tertiary/aromatic N) is 2. The number of imidazole rings is 1. The zero-order valence-electron chi connectivity index (χ0n) is 25.2. The van der Waals surface area contributed by atoms with Crippen molar-refractivity contribution in [3.05, 3.63) is 90.6 Å². The summed E-state index contributed by atoms with van der Waals surface area (Å²) in [5.74, 6) is 0.968. The molecule has 7 heteroatoms. The minimum Gasteiger partial charge on any atom is -0.372 e. The van der Waals surface area contributed by atoms with Crippen LogP contribution in [-0.4, -0.2) is 56.0 Å². The highest BCUT2D eigenvalue weighted by Gasteiger charge is 2.10. The monoisotopic (exact) mass is 538 g/mol. The van der Waals surface area contributed by atoms with E-state index in [9.17, 15) is 0 Å². The van der Waals surface area contributed by atoms with Gasteiger partial charge in [-0.3, -0.25) is 0 Å². The maximum absolute atomic E-state index is 8.00. The molecule has 6 N–H and O–H groups in total. The molecule has 3 rings (SSSR count). The lowest BCUT2D eigenvalue weighted by Gasteiger charge is -2.23. The Hall–Kier alpha value is -3.26. The van der Waals surface area contributed by atoms with Crippen LogP contribution in [-0.2, 0) is 4.79 Å². The first-order chi connectivity index (χ1) is 19.1. The van der Waals surface area contributed by atoms with E-state index in [-0.39, 0.29) is 6.04 Å². The van der Waals surface area contributed by atoms with Crippen molar-refractivity contribution in [3.8, 4) is 0 Å². The second-order valence-electron chi connectivity index (χ2n) is 8.23. The van der Waals surface area contributed by atoms with Gasteiger partial charge >= 0.3 is 0 Å². The van der Waals surface area contributed by atoms with E-state index in [0.29, 0.717) is 0 Å². The number of hydrogen-bond donors (Lipinski definition) is 4. The molecule has 1 heterocycles. The van der Waals surface area contributed by atoms with Gasteiger partial charge in [0.25, 0.3) is 0 Å². The molecule has 39 heavy (non-hydrogen) atoms. The summed E-state index contributed by atoms with van der Waals surface area (Å²) in [4.78, 5) is 17.2. The first-order valence-corrected chi connectivity index (χ1v) is 13.9. The molecule has 1 aliphatic carbocycles. The molecule has 1 aromatic carbocycles. The summed E-state index contributed by atoms with van der Waals surface area (Å²) in [6, 6.07) is 9.08. The number of anilines is 1. The Labute approximate surface area is 238 Å². The predicted octanol–water partition coefficient (Wildman–Crippen LogP) is 5.82. The molecule has 0 saturated carbocycles. The maximum Gasteiger partial charge on any atom is 0.106 e. The average Bonchev–Trinajstić information content (AvgIpc) is 3.49. The van der Waals surface area contributed by atoms with E-state index < -0.39 is 0 Å². The van der Waals surface area contributed by atoms with Crippen LogP contribution in [0.5, 0.6) is 0 Å². The number of hydrogen-bond acceptors (Lipinski definition) is 6. The summed E-state index contributed by atoms with van der Waals surface area (Å²) in [5, 5.41) is 3.44. The SMILES string of the molecule is C=C/C=C\C(N)CNCC1=CC=C(c2ccc(N(CC)CCC)cc2)CC1.C=O.CC.CN.Cc1ncc[nH]1. The number of nitrogens with two attached hydrogens (primary N) is 2. The molecule has 1 unspecified atom stereocenters. The van der Waals surface area contributed by atoms with Gasteiger partial charge in [0.05, 0.1) is 0 Å². The van der Waals surface area contributed by atoms with Gasteiger partial charge in [-0.15, -0.1) is 0 Å². The van der Waals surface area contributed by atoms with Gasteiger partial charge in [0, 0.05) is 50.3 Å². The summed E-state index contributed by atoms with van der Waals surface area (Å²) < 4.78 is 0. The van der Waals surface area contributed by atoms with E-state index in [2.05, 4.69) is 82.8 Å². The molecule has 7 nitrogen and oxygen atoms in total. The predicted molar refractivity (Wildman–Crippen MR) is 172 cm³/mol. The fraction of sp³-hybridized carbons (Fsp3) is 0.438. The minimum atomic E-state index is 0.0344. The molecule has 0 amide bonds. The van der Waals surface area contributed by atoms with Crippen molar-refractivity contribution in [2.24, 2.45) is 11.5 Å². The molecule has 0 radical (unpaired) electrons. The topological polar surface area (TPSA) is 113 Å². The number of rotatable bonds is 11. The van der Waals surface area contributed by atoms with Gasteiger partial charge < -0.3 is 31.5 Å². The largest absolute Gasteiger partial charge is 0.372 e. The summed E-state index contributed by atoms with van der Waals surface area (Å²) in [6.45, 7) is 19.9. The summed E-state index contributed by atoms with van der Waals surface area (Å²) in [6.07, 6.45) is 17.1. The standard InChI is InChI=1S/C24H35N3.C4H6N2.C2H6.CH5N.CH2O/c1-4-7-8-23(25)19-26-18-20-9-11-21(12-10-20)22-13-15-24(16-14-22)27(6-3)17-5-2;1-4-5-2-3-6-4;3*1-2/h4,7-9,11,13-16,23,26H,1,5-6,10,12,17-19,25H2,2-3H3;2-3H,1H3,(H,5,6);1-2H3;2H2,1H3;1H2/b8-7-;;;;. The van der Waals surface area contributed by atoms with Crippen molar-refractivity contribution < 1.29 is 4.79 Å². The van der Waals surface area contributed by atoms with Crippen molar-refractivity contribution in [2.45, 2.75) is 59.9 Å². The molecule has 2 aromatic rings.